The zero-order valence-corrected chi connectivity index (χ0v) is 13.0. The summed E-state index contributed by atoms with van der Waals surface area (Å²) in [6, 6.07) is -0.300. The van der Waals surface area contributed by atoms with E-state index in [1.807, 2.05) is 0 Å². The first-order valence-electron chi connectivity index (χ1n) is 6.76. The van der Waals surface area contributed by atoms with E-state index >= 15 is 0 Å². The van der Waals surface area contributed by atoms with Gasteiger partial charge in [0.1, 0.15) is 5.01 Å². The maximum Gasteiger partial charge on any atom is 0.355 e. The van der Waals surface area contributed by atoms with Crippen LogP contribution in [0.3, 0.4) is 0 Å². The fourth-order valence-electron chi connectivity index (χ4n) is 1.40. The highest BCUT2D eigenvalue weighted by Gasteiger charge is 2.09. The highest BCUT2D eigenvalue weighted by Crippen LogP contribution is 2.09. The molecule has 0 saturated carbocycles. The summed E-state index contributed by atoms with van der Waals surface area (Å²) in [5.74, 6) is -0.557. The highest BCUT2D eigenvalue weighted by molar-refractivity contribution is 7.09. The van der Waals surface area contributed by atoms with Crippen molar-refractivity contribution in [2.45, 2.75) is 26.8 Å². The number of carbonyl (C=O) groups excluding carboxylic acids is 1. The molecule has 118 valence electrons. The molecule has 0 unspecified atom stereocenters. The standard InChI is InChI=1S/C13H21N3O4S/c1-9(2)7-20-5-3-4-14-13(19)15-6-11-16-10(8-21-11)12(17)18/h8-9H,3-7H2,1-2H3,(H,17,18)(H2,14,15,19). The summed E-state index contributed by atoms with van der Waals surface area (Å²) in [6.07, 6.45) is 0.751. The molecule has 0 saturated heterocycles. The molecule has 1 heterocycles. The number of carboxylic acids is 1. The molecule has 0 aliphatic rings. The van der Waals surface area contributed by atoms with Gasteiger partial charge in [0.25, 0.3) is 0 Å². The van der Waals surface area contributed by atoms with Gasteiger partial charge in [-0.15, -0.1) is 11.3 Å². The third kappa shape index (κ3) is 7.62. The molecule has 1 aromatic rings. The van der Waals surface area contributed by atoms with Crippen LogP contribution >= 0.6 is 11.3 Å². The van der Waals surface area contributed by atoms with Crippen molar-refractivity contribution < 1.29 is 19.4 Å². The van der Waals surface area contributed by atoms with Crippen molar-refractivity contribution in [1.29, 1.82) is 0 Å². The van der Waals surface area contributed by atoms with Crippen molar-refractivity contribution >= 4 is 23.3 Å². The smallest absolute Gasteiger partial charge is 0.355 e. The Morgan fingerprint density at radius 1 is 1.43 bits per heavy atom. The predicted molar refractivity (Wildman–Crippen MR) is 79.6 cm³/mol. The number of aromatic nitrogens is 1. The number of hydrogen-bond acceptors (Lipinski definition) is 5. The summed E-state index contributed by atoms with van der Waals surface area (Å²) in [5, 5.41) is 16.1. The van der Waals surface area contributed by atoms with Gasteiger partial charge in [0, 0.05) is 25.1 Å². The Morgan fingerprint density at radius 3 is 2.81 bits per heavy atom. The Balaban J connectivity index is 2.09. The number of carboxylic acid groups (broad SMARTS) is 1. The van der Waals surface area contributed by atoms with Gasteiger partial charge in [0.2, 0.25) is 0 Å². The molecule has 0 atom stereocenters. The number of hydrogen-bond donors (Lipinski definition) is 3. The first kappa shape index (κ1) is 17.4. The van der Waals surface area contributed by atoms with E-state index in [2.05, 4.69) is 29.5 Å². The van der Waals surface area contributed by atoms with Crippen LogP contribution in [-0.2, 0) is 11.3 Å². The van der Waals surface area contributed by atoms with E-state index in [0.29, 0.717) is 24.1 Å². The minimum atomic E-state index is -1.07. The second-order valence-corrected chi connectivity index (χ2v) is 5.81. The SMILES string of the molecule is CC(C)COCCCNC(=O)NCc1nc(C(=O)O)cs1. The summed E-state index contributed by atoms with van der Waals surface area (Å²) in [5.41, 5.74) is -0.000454. The Bertz CT molecular complexity index is 462. The van der Waals surface area contributed by atoms with Gasteiger partial charge >= 0.3 is 12.0 Å². The van der Waals surface area contributed by atoms with Gasteiger partial charge in [-0.3, -0.25) is 0 Å². The van der Waals surface area contributed by atoms with Crippen molar-refractivity contribution in [2.24, 2.45) is 5.92 Å². The molecule has 1 aromatic heterocycles. The molecule has 8 heteroatoms. The maximum absolute atomic E-state index is 11.5. The number of rotatable bonds is 9. The molecule has 7 nitrogen and oxygen atoms in total. The normalized spacial score (nSPS) is 10.6. The van der Waals surface area contributed by atoms with Crippen LogP contribution in [0.25, 0.3) is 0 Å². The molecule has 21 heavy (non-hydrogen) atoms. The Morgan fingerprint density at radius 2 is 2.19 bits per heavy atom. The largest absolute Gasteiger partial charge is 0.476 e. The fourth-order valence-corrected chi connectivity index (χ4v) is 2.11. The predicted octanol–water partition coefficient (Wildman–Crippen LogP) is 1.70. The first-order chi connectivity index (χ1) is 9.99. The third-order valence-corrected chi connectivity index (χ3v) is 3.22. The van der Waals surface area contributed by atoms with Crippen LogP contribution in [0.15, 0.2) is 5.38 Å². The molecule has 3 N–H and O–H groups in total. The lowest BCUT2D eigenvalue weighted by Crippen LogP contribution is -2.35. The van der Waals surface area contributed by atoms with Gasteiger partial charge < -0.3 is 20.5 Å². The van der Waals surface area contributed by atoms with Crippen LogP contribution in [0.2, 0.25) is 0 Å². The molecule has 0 bridgehead atoms. The average Bonchev–Trinajstić information content (AvgIpc) is 2.89. The van der Waals surface area contributed by atoms with E-state index in [4.69, 9.17) is 9.84 Å². The first-order valence-corrected chi connectivity index (χ1v) is 7.64. The quantitative estimate of drug-likeness (QED) is 0.602. The van der Waals surface area contributed by atoms with Crippen LogP contribution in [0.5, 0.6) is 0 Å². The molecule has 0 radical (unpaired) electrons. The third-order valence-electron chi connectivity index (χ3n) is 2.37. The van der Waals surface area contributed by atoms with Crippen molar-refractivity contribution in [3.05, 3.63) is 16.1 Å². The number of amides is 2. The molecular weight excluding hydrogens is 294 g/mol. The summed E-state index contributed by atoms with van der Waals surface area (Å²) < 4.78 is 5.40. The van der Waals surface area contributed by atoms with Gasteiger partial charge in [0.05, 0.1) is 6.54 Å². The zero-order chi connectivity index (χ0) is 15.7. The van der Waals surface area contributed by atoms with Crippen molar-refractivity contribution in [3.8, 4) is 0 Å². The summed E-state index contributed by atoms with van der Waals surface area (Å²) >= 11 is 1.20. The fraction of sp³-hybridized carbons (Fsp3) is 0.615. The van der Waals surface area contributed by atoms with Crippen molar-refractivity contribution in [2.75, 3.05) is 19.8 Å². The minimum absolute atomic E-state index is 0.000454. The number of aromatic carboxylic acids is 1. The Labute approximate surface area is 127 Å². The van der Waals surface area contributed by atoms with E-state index < -0.39 is 5.97 Å². The second-order valence-electron chi connectivity index (χ2n) is 4.86. The van der Waals surface area contributed by atoms with E-state index in [1.165, 1.54) is 16.7 Å². The molecule has 0 aromatic carbocycles. The molecule has 1 rings (SSSR count). The van der Waals surface area contributed by atoms with E-state index in [9.17, 15) is 9.59 Å². The van der Waals surface area contributed by atoms with Crippen LogP contribution in [-0.4, -0.2) is 41.8 Å². The summed E-state index contributed by atoms with van der Waals surface area (Å²) in [6.45, 7) is 6.25. The van der Waals surface area contributed by atoms with Crippen molar-refractivity contribution in [3.63, 3.8) is 0 Å². The lowest BCUT2D eigenvalue weighted by atomic mass is 10.2. The lowest BCUT2D eigenvalue weighted by molar-refractivity contribution is 0.0691. The molecule has 0 spiro atoms. The monoisotopic (exact) mass is 315 g/mol. The minimum Gasteiger partial charge on any atom is -0.476 e. The van der Waals surface area contributed by atoms with E-state index in [0.717, 1.165) is 13.0 Å². The van der Waals surface area contributed by atoms with Gasteiger partial charge in [0.15, 0.2) is 5.69 Å². The number of thiazole rings is 1. The number of nitrogens with one attached hydrogen (secondary N) is 2. The molecule has 0 aliphatic heterocycles. The Kier molecular flexibility index (Phi) is 7.70. The van der Waals surface area contributed by atoms with E-state index in [1.54, 1.807) is 0 Å². The van der Waals surface area contributed by atoms with Crippen molar-refractivity contribution in [1.82, 2.24) is 15.6 Å². The molecule has 0 aliphatic carbocycles. The summed E-state index contributed by atoms with van der Waals surface area (Å²) in [7, 11) is 0. The van der Waals surface area contributed by atoms with Gasteiger partial charge in [-0.05, 0) is 12.3 Å². The molecular formula is C13H21N3O4S. The zero-order valence-electron chi connectivity index (χ0n) is 12.2. The number of carbonyl (C=O) groups is 2. The Hall–Kier alpha value is -1.67. The van der Waals surface area contributed by atoms with Gasteiger partial charge in [-0.2, -0.15) is 0 Å². The average molecular weight is 315 g/mol. The number of nitrogens with zero attached hydrogens (tertiary/aromatic N) is 1. The number of ether oxygens (including phenoxy) is 1. The van der Waals surface area contributed by atoms with Crippen LogP contribution in [0.4, 0.5) is 4.79 Å². The number of urea groups is 1. The van der Waals surface area contributed by atoms with Crippen LogP contribution in [0, 0.1) is 5.92 Å². The molecule has 2 amide bonds. The summed E-state index contributed by atoms with van der Waals surface area (Å²) in [4.78, 5) is 26.0. The topological polar surface area (TPSA) is 101 Å². The van der Waals surface area contributed by atoms with Gasteiger partial charge in [-0.1, -0.05) is 13.8 Å². The van der Waals surface area contributed by atoms with E-state index in [-0.39, 0.29) is 18.3 Å². The maximum atomic E-state index is 11.5. The highest BCUT2D eigenvalue weighted by atomic mass is 32.1. The lowest BCUT2D eigenvalue weighted by Gasteiger charge is -2.08. The second kappa shape index (κ2) is 9.30. The van der Waals surface area contributed by atoms with Crippen LogP contribution in [0.1, 0.15) is 35.8 Å². The molecule has 0 fully saturated rings. The van der Waals surface area contributed by atoms with Crippen LogP contribution < -0.4 is 10.6 Å². The van der Waals surface area contributed by atoms with Gasteiger partial charge in [-0.25, -0.2) is 14.6 Å².